The number of aryl methyl sites for hydroxylation is 1. The van der Waals surface area contributed by atoms with Crippen LogP contribution in [0.25, 0.3) is 0 Å². The van der Waals surface area contributed by atoms with Crippen LogP contribution in [0.5, 0.6) is 5.75 Å². The highest BCUT2D eigenvalue weighted by molar-refractivity contribution is 5.78. The Bertz CT molecular complexity index is 416. The summed E-state index contributed by atoms with van der Waals surface area (Å²) in [6.07, 6.45) is 0. The van der Waals surface area contributed by atoms with Crippen LogP contribution >= 0.6 is 0 Å². The van der Waals surface area contributed by atoms with E-state index in [2.05, 4.69) is 5.32 Å². The smallest absolute Gasteiger partial charge is 0.234 e. The van der Waals surface area contributed by atoms with Crippen molar-refractivity contribution in [1.82, 2.24) is 10.2 Å². The van der Waals surface area contributed by atoms with E-state index in [4.69, 9.17) is 0 Å². The number of hydrogen-bond donors (Lipinski definition) is 2. The lowest BCUT2D eigenvalue weighted by molar-refractivity contribution is -0.122. The summed E-state index contributed by atoms with van der Waals surface area (Å²) < 4.78 is 0. The largest absolute Gasteiger partial charge is 0.508 e. The van der Waals surface area contributed by atoms with Gasteiger partial charge in [0.05, 0.1) is 6.54 Å². The number of rotatable bonds is 5. The summed E-state index contributed by atoms with van der Waals surface area (Å²) >= 11 is 0. The van der Waals surface area contributed by atoms with Crippen molar-refractivity contribution in [3.05, 3.63) is 29.3 Å². The number of benzene rings is 1. The van der Waals surface area contributed by atoms with Crippen LogP contribution in [0.2, 0.25) is 0 Å². The fraction of sp³-hybridized carbons (Fsp3) is 0.500. The van der Waals surface area contributed by atoms with E-state index >= 15 is 0 Å². The molecule has 4 heteroatoms. The maximum atomic E-state index is 11.6. The first-order valence-corrected chi connectivity index (χ1v) is 6.15. The van der Waals surface area contributed by atoms with Gasteiger partial charge in [0.1, 0.15) is 5.75 Å². The molecule has 0 saturated carbocycles. The Morgan fingerprint density at radius 3 is 2.72 bits per heavy atom. The van der Waals surface area contributed by atoms with E-state index in [1.807, 2.05) is 44.9 Å². The van der Waals surface area contributed by atoms with E-state index < -0.39 is 0 Å². The molecule has 100 valence electrons. The molecule has 2 N–H and O–H groups in total. The summed E-state index contributed by atoms with van der Waals surface area (Å²) in [4.78, 5) is 13.5. The van der Waals surface area contributed by atoms with E-state index in [1.165, 1.54) is 0 Å². The molecule has 0 aliphatic rings. The number of carbonyl (C=O) groups is 1. The minimum absolute atomic E-state index is 0.000331. The molecule has 0 atom stereocenters. The van der Waals surface area contributed by atoms with Crippen LogP contribution in [-0.2, 0) is 11.3 Å². The Hall–Kier alpha value is -1.55. The van der Waals surface area contributed by atoms with Gasteiger partial charge in [-0.05, 0) is 33.9 Å². The summed E-state index contributed by atoms with van der Waals surface area (Å²) in [6.45, 7) is 6.73. The van der Waals surface area contributed by atoms with Gasteiger partial charge in [-0.3, -0.25) is 9.69 Å². The molecule has 0 fully saturated rings. The van der Waals surface area contributed by atoms with Crippen LogP contribution in [0.3, 0.4) is 0 Å². The van der Waals surface area contributed by atoms with Crippen LogP contribution in [0.15, 0.2) is 18.2 Å². The third-order valence-corrected chi connectivity index (χ3v) is 2.54. The first kappa shape index (κ1) is 14.5. The van der Waals surface area contributed by atoms with Crippen LogP contribution < -0.4 is 5.32 Å². The van der Waals surface area contributed by atoms with Crippen LogP contribution in [0.4, 0.5) is 0 Å². The zero-order chi connectivity index (χ0) is 13.7. The van der Waals surface area contributed by atoms with E-state index in [9.17, 15) is 9.90 Å². The molecule has 0 spiro atoms. The highest BCUT2D eigenvalue weighted by atomic mass is 16.3. The number of aromatic hydroxyl groups is 1. The molecule has 0 aliphatic carbocycles. The summed E-state index contributed by atoms with van der Waals surface area (Å²) in [5.41, 5.74) is 1.94. The second-order valence-electron chi connectivity index (χ2n) is 5.03. The quantitative estimate of drug-likeness (QED) is 0.835. The standard InChI is InChI=1S/C14H22N2O2/c1-10(2)15-14(18)9-16(4)8-12-7-11(3)5-6-13(12)17/h5-7,10,17H,8-9H2,1-4H3,(H,15,18). The van der Waals surface area contributed by atoms with Gasteiger partial charge in [0.25, 0.3) is 0 Å². The zero-order valence-corrected chi connectivity index (χ0v) is 11.5. The van der Waals surface area contributed by atoms with Crippen molar-refractivity contribution in [3.63, 3.8) is 0 Å². The van der Waals surface area contributed by atoms with E-state index in [0.717, 1.165) is 11.1 Å². The number of likely N-dealkylation sites (N-methyl/N-ethyl adjacent to an activating group) is 1. The van der Waals surface area contributed by atoms with Gasteiger partial charge in [0, 0.05) is 18.2 Å². The Balaban J connectivity index is 2.56. The molecule has 0 aromatic heterocycles. The second kappa shape index (κ2) is 6.40. The number of nitrogens with zero attached hydrogens (tertiary/aromatic N) is 1. The third-order valence-electron chi connectivity index (χ3n) is 2.54. The van der Waals surface area contributed by atoms with Crippen molar-refractivity contribution < 1.29 is 9.90 Å². The van der Waals surface area contributed by atoms with Crippen molar-refractivity contribution in [2.75, 3.05) is 13.6 Å². The first-order valence-electron chi connectivity index (χ1n) is 6.15. The van der Waals surface area contributed by atoms with E-state index in [0.29, 0.717) is 13.1 Å². The van der Waals surface area contributed by atoms with Gasteiger partial charge in [-0.2, -0.15) is 0 Å². The molecule has 4 nitrogen and oxygen atoms in total. The fourth-order valence-electron chi connectivity index (χ4n) is 1.80. The predicted molar refractivity (Wildman–Crippen MR) is 72.5 cm³/mol. The molecule has 0 aliphatic heterocycles. The minimum atomic E-state index is -0.000331. The predicted octanol–water partition coefficient (Wildman–Crippen LogP) is 1.66. The van der Waals surface area contributed by atoms with Crippen LogP contribution in [0.1, 0.15) is 25.0 Å². The summed E-state index contributed by atoms with van der Waals surface area (Å²) in [7, 11) is 1.86. The molecule has 1 amide bonds. The summed E-state index contributed by atoms with van der Waals surface area (Å²) in [5.74, 6) is 0.274. The molecule has 1 aromatic carbocycles. The monoisotopic (exact) mass is 250 g/mol. The number of amides is 1. The van der Waals surface area contributed by atoms with Gasteiger partial charge in [0.2, 0.25) is 5.91 Å². The van der Waals surface area contributed by atoms with Crippen molar-refractivity contribution >= 4 is 5.91 Å². The van der Waals surface area contributed by atoms with Gasteiger partial charge in [0.15, 0.2) is 0 Å². The SMILES string of the molecule is Cc1ccc(O)c(CN(C)CC(=O)NC(C)C)c1. The number of carbonyl (C=O) groups excluding carboxylic acids is 1. The maximum Gasteiger partial charge on any atom is 0.234 e. The Morgan fingerprint density at radius 1 is 1.44 bits per heavy atom. The van der Waals surface area contributed by atoms with Gasteiger partial charge in [-0.25, -0.2) is 0 Å². The van der Waals surface area contributed by atoms with Crippen molar-refractivity contribution in [2.45, 2.75) is 33.4 Å². The van der Waals surface area contributed by atoms with Crippen LogP contribution in [-0.4, -0.2) is 35.5 Å². The fourth-order valence-corrected chi connectivity index (χ4v) is 1.80. The highest BCUT2D eigenvalue weighted by Crippen LogP contribution is 2.19. The van der Waals surface area contributed by atoms with Gasteiger partial charge in [-0.15, -0.1) is 0 Å². The molecule has 0 saturated heterocycles. The van der Waals surface area contributed by atoms with Crippen LogP contribution in [0, 0.1) is 6.92 Å². The van der Waals surface area contributed by atoms with Crippen molar-refractivity contribution in [3.8, 4) is 5.75 Å². The minimum Gasteiger partial charge on any atom is -0.508 e. The Morgan fingerprint density at radius 2 is 2.11 bits per heavy atom. The normalized spacial score (nSPS) is 11.0. The van der Waals surface area contributed by atoms with E-state index in [1.54, 1.807) is 6.07 Å². The molecular weight excluding hydrogens is 228 g/mol. The molecule has 0 radical (unpaired) electrons. The number of nitrogens with one attached hydrogen (secondary N) is 1. The van der Waals surface area contributed by atoms with Crippen molar-refractivity contribution in [2.24, 2.45) is 0 Å². The molecule has 18 heavy (non-hydrogen) atoms. The second-order valence-corrected chi connectivity index (χ2v) is 5.03. The molecule has 1 rings (SSSR count). The Labute approximate surface area is 109 Å². The lowest BCUT2D eigenvalue weighted by atomic mass is 10.1. The molecule has 1 aromatic rings. The Kier molecular flexibility index (Phi) is 5.16. The molecule has 0 heterocycles. The van der Waals surface area contributed by atoms with Gasteiger partial charge >= 0.3 is 0 Å². The number of phenolic OH excluding ortho intramolecular Hbond substituents is 1. The first-order chi connectivity index (χ1) is 8.38. The summed E-state index contributed by atoms with van der Waals surface area (Å²) in [6, 6.07) is 5.64. The third kappa shape index (κ3) is 4.75. The van der Waals surface area contributed by atoms with Gasteiger partial charge in [-0.1, -0.05) is 17.7 Å². The summed E-state index contributed by atoms with van der Waals surface area (Å²) in [5, 5.41) is 12.6. The average Bonchev–Trinajstić information content (AvgIpc) is 2.21. The topological polar surface area (TPSA) is 52.6 Å². The van der Waals surface area contributed by atoms with Crippen molar-refractivity contribution in [1.29, 1.82) is 0 Å². The molecular formula is C14H22N2O2. The zero-order valence-electron chi connectivity index (χ0n) is 11.5. The molecule has 0 unspecified atom stereocenters. The lowest BCUT2D eigenvalue weighted by Gasteiger charge is -2.18. The maximum absolute atomic E-state index is 11.6. The van der Waals surface area contributed by atoms with Gasteiger partial charge < -0.3 is 10.4 Å². The lowest BCUT2D eigenvalue weighted by Crippen LogP contribution is -2.38. The van der Waals surface area contributed by atoms with E-state index in [-0.39, 0.29) is 17.7 Å². The highest BCUT2D eigenvalue weighted by Gasteiger charge is 2.10. The average molecular weight is 250 g/mol. The number of hydrogen-bond acceptors (Lipinski definition) is 3. The molecule has 0 bridgehead atoms. The number of phenols is 1.